The van der Waals surface area contributed by atoms with Crippen LogP contribution in [0.3, 0.4) is 0 Å². The van der Waals surface area contributed by atoms with Crippen LogP contribution in [0.15, 0.2) is 63.8 Å². The van der Waals surface area contributed by atoms with Crippen molar-refractivity contribution >= 4 is 34.0 Å². The standard InChI is InChI=1S/C23H16ClN3O4S/c1-29-18-8-6-14(11-19(18)30-2)21-25-23-27(26-21)22(28)20(32-23)12-16-7-9-17(31-16)13-4-3-5-15(24)10-13/h3-12H,1-2H3/b20-12-. The predicted octanol–water partition coefficient (Wildman–Crippen LogP) is 4.30. The van der Waals surface area contributed by atoms with Gasteiger partial charge in [-0.2, -0.15) is 9.50 Å². The van der Waals surface area contributed by atoms with E-state index in [0.29, 0.717) is 43.4 Å². The number of aromatic nitrogens is 3. The van der Waals surface area contributed by atoms with E-state index in [-0.39, 0.29) is 5.56 Å². The highest BCUT2D eigenvalue weighted by Crippen LogP contribution is 2.31. The van der Waals surface area contributed by atoms with Crippen LogP contribution in [-0.2, 0) is 0 Å². The number of benzene rings is 2. The van der Waals surface area contributed by atoms with Crippen molar-refractivity contribution in [2.24, 2.45) is 0 Å². The first-order chi connectivity index (χ1) is 15.6. The maximum absolute atomic E-state index is 12.9. The third-order valence-electron chi connectivity index (χ3n) is 4.83. The average Bonchev–Trinajstić information content (AvgIpc) is 3.51. The number of methoxy groups -OCH3 is 2. The van der Waals surface area contributed by atoms with Crippen molar-refractivity contribution in [1.82, 2.24) is 14.6 Å². The van der Waals surface area contributed by atoms with Gasteiger partial charge in [0.1, 0.15) is 16.1 Å². The lowest BCUT2D eigenvalue weighted by molar-refractivity contribution is 0.355. The molecule has 32 heavy (non-hydrogen) atoms. The summed E-state index contributed by atoms with van der Waals surface area (Å²) in [6.07, 6.45) is 1.69. The lowest BCUT2D eigenvalue weighted by Gasteiger charge is -2.07. The maximum atomic E-state index is 12.9. The Morgan fingerprint density at radius 3 is 2.62 bits per heavy atom. The van der Waals surface area contributed by atoms with Gasteiger partial charge in [0.2, 0.25) is 4.96 Å². The molecule has 0 atom stereocenters. The van der Waals surface area contributed by atoms with Gasteiger partial charge in [0.25, 0.3) is 5.56 Å². The number of furan rings is 1. The van der Waals surface area contributed by atoms with Gasteiger partial charge in [-0.1, -0.05) is 35.1 Å². The van der Waals surface area contributed by atoms with E-state index >= 15 is 0 Å². The Hall–Kier alpha value is -3.62. The number of hydrogen-bond acceptors (Lipinski definition) is 7. The van der Waals surface area contributed by atoms with E-state index < -0.39 is 0 Å². The molecule has 3 aromatic heterocycles. The zero-order chi connectivity index (χ0) is 22.2. The third-order valence-corrected chi connectivity index (χ3v) is 6.03. The second kappa shape index (κ2) is 8.14. The van der Waals surface area contributed by atoms with Gasteiger partial charge < -0.3 is 13.9 Å². The summed E-state index contributed by atoms with van der Waals surface area (Å²) in [6, 6.07) is 16.4. The van der Waals surface area contributed by atoms with E-state index in [1.807, 2.05) is 30.3 Å². The van der Waals surface area contributed by atoms with Crippen molar-refractivity contribution in [3.8, 4) is 34.2 Å². The molecule has 0 aliphatic heterocycles. The van der Waals surface area contributed by atoms with E-state index in [1.165, 1.54) is 15.9 Å². The molecule has 0 saturated carbocycles. The first kappa shape index (κ1) is 20.3. The van der Waals surface area contributed by atoms with Gasteiger partial charge in [0.15, 0.2) is 17.3 Å². The van der Waals surface area contributed by atoms with Crippen molar-refractivity contribution in [2.45, 2.75) is 0 Å². The van der Waals surface area contributed by atoms with Gasteiger partial charge in [0.05, 0.1) is 14.2 Å². The minimum atomic E-state index is -0.259. The van der Waals surface area contributed by atoms with Crippen molar-refractivity contribution in [3.63, 3.8) is 0 Å². The van der Waals surface area contributed by atoms with Crippen LogP contribution < -0.4 is 19.6 Å². The van der Waals surface area contributed by atoms with Crippen LogP contribution in [-0.4, -0.2) is 28.8 Å². The SMILES string of the molecule is COc1ccc(-c2nc3s/c(=C\c4ccc(-c5cccc(Cl)c5)o4)c(=O)n3n2)cc1OC. The van der Waals surface area contributed by atoms with Crippen molar-refractivity contribution in [3.05, 3.63) is 80.3 Å². The summed E-state index contributed by atoms with van der Waals surface area (Å²) in [5, 5.41) is 5.01. The second-order valence-electron chi connectivity index (χ2n) is 6.83. The minimum Gasteiger partial charge on any atom is -0.493 e. The second-order valence-corrected chi connectivity index (χ2v) is 8.27. The fourth-order valence-corrected chi connectivity index (χ4v) is 4.37. The van der Waals surface area contributed by atoms with E-state index in [1.54, 1.807) is 44.6 Å². The van der Waals surface area contributed by atoms with E-state index in [2.05, 4.69) is 10.1 Å². The monoisotopic (exact) mass is 465 g/mol. The molecule has 0 aliphatic carbocycles. The van der Waals surface area contributed by atoms with Crippen LogP contribution in [0.2, 0.25) is 5.02 Å². The highest BCUT2D eigenvalue weighted by Gasteiger charge is 2.14. The lowest BCUT2D eigenvalue weighted by atomic mass is 10.2. The lowest BCUT2D eigenvalue weighted by Crippen LogP contribution is -2.23. The van der Waals surface area contributed by atoms with Gasteiger partial charge >= 0.3 is 0 Å². The molecule has 0 fully saturated rings. The highest BCUT2D eigenvalue weighted by atomic mass is 35.5. The first-order valence-electron chi connectivity index (χ1n) is 9.55. The fraction of sp³-hybridized carbons (Fsp3) is 0.0870. The Bertz CT molecular complexity index is 1550. The largest absolute Gasteiger partial charge is 0.493 e. The molecule has 0 amide bonds. The fourth-order valence-electron chi connectivity index (χ4n) is 3.29. The number of ether oxygens (including phenoxy) is 2. The molecule has 9 heteroatoms. The molecule has 0 bridgehead atoms. The van der Waals surface area contributed by atoms with Gasteiger partial charge in [0, 0.05) is 22.2 Å². The summed E-state index contributed by atoms with van der Waals surface area (Å²) in [5.41, 5.74) is 1.33. The molecule has 0 saturated heterocycles. The van der Waals surface area contributed by atoms with Crippen molar-refractivity contribution in [2.75, 3.05) is 14.2 Å². The van der Waals surface area contributed by atoms with E-state index in [9.17, 15) is 4.79 Å². The Labute approximate surface area is 191 Å². The normalized spacial score (nSPS) is 11.9. The molecule has 0 spiro atoms. The quantitative estimate of drug-likeness (QED) is 0.385. The summed E-state index contributed by atoms with van der Waals surface area (Å²) >= 11 is 7.30. The Morgan fingerprint density at radius 2 is 1.88 bits per heavy atom. The van der Waals surface area contributed by atoms with Gasteiger partial charge in [-0.15, -0.1) is 5.10 Å². The summed E-state index contributed by atoms with van der Waals surface area (Å²) in [5.74, 6) is 2.83. The zero-order valence-corrected chi connectivity index (χ0v) is 18.6. The Kier molecular flexibility index (Phi) is 5.16. The van der Waals surface area contributed by atoms with Crippen LogP contribution in [0, 0.1) is 0 Å². The topological polar surface area (TPSA) is 78.9 Å². The van der Waals surface area contributed by atoms with Crippen LogP contribution in [0.25, 0.3) is 33.7 Å². The van der Waals surface area contributed by atoms with Gasteiger partial charge in [-0.3, -0.25) is 4.79 Å². The van der Waals surface area contributed by atoms with Crippen LogP contribution in [0.1, 0.15) is 5.76 Å². The van der Waals surface area contributed by atoms with E-state index in [4.69, 9.17) is 25.5 Å². The number of nitrogens with zero attached hydrogens (tertiary/aromatic N) is 3. The van der Waals surface area contributed by atoms with Gasteiger partial charge in [-0.05, 0) is 42.5 Å². The smallest absolute Gasteiger partial charge is 0.291 e. The minimum absolute atomic E-state index is 0.259. The summed E-state index contributed by atoms with van der Waals surface area (Å²) in [4.78, 5) is 17.9. The first-order valence-corrected chi connectivity index (χ1v) is 10.7. The summed E-state index contributed by atoms with van der Waals surface area (Å²) < 4.78 is 18.2. The number of fused-ring (bicyclic) bond motifs is 1. The molecule has 5 rings (SSSR count). The van der Waals surface area contributed by atoms with Crippen LogP contribution >= 0.6 is 22.9 Å². The number of hydrogen-bond donors (Lipinski definition) is 0. The number of halogens is 1. The maximum Gasteiger partial charge on any atom is 0.291 e. The van der Waals surface area contributed by atoms with E-state index in [0.717, 1.165) is 11.1 Å². The Balaban J connectivity index is 1.50. The van der Waals surface area contributed by atoms with Crippen LogP contribution in [0.4, 0.5) is 0 Å². The summed E-state index contributed by atoms with van der Waals surface area (Å²) in [7, 11) is 3.13. The highest BCUT2D eigenvalue weighted by molar-refractivity contribution is 7.15. The Morgan fingerprint density at radius 1 is 1.03 bits per heavy atom. The van der Waals surface area contributed by atoms with Crippen molar-refractivity contribution in [1.29, 1.82) is 0 Å². The molecule has 0 unspecified atom stereocenters. The van der Waals surface area contributed by atoms with Gasteiger partial charge in [-0.25, -0.2) is 0 Å². The number of thiazole rings is 1. The summed E-state index contributed by atoms with van der Waals surface area (Å²) in [6.45, 7) is 0. The zero-order valence-electron chi connectivity index (χ0n) is 17.0. The predicted molar refractivity (Wildman–Crippen MR) is 124 cm³/mol. The molecule has 7 nitrogen and oxygen atoms in total. The number of rotatable bonds is 5. The van der Waals surface area contributed by atoms with Crippen molar-refractivity contribution < 1.29 is 13.9 Å². The molecular weight excluding hydrogens is 450 g/mol. The average molecular weight is 466 g/mol. The molecule has 2 aromatic carbocycles. The molecule has 0 radical (unpaired) electrons. The molecule has 3 heterocycles. The molecule has 5 aromatic rings. The molecule has 0 N–H and O–H groups in total. The van der Waals surface area contributed by atoms with Crippen LogP contribution in [0.5, 0.6) is 11.5 Å². The third kappa shape index (κ3) is 3.63. The molecular formula is C23H16ClN3O4S. The molecule has 0 aliphatic rings. The molecule has 160 valence electrons.